The maximum absolute atomic E-state index is 14.8. The van der Waals surface area contributed by atoms with Gasteiger partial charge in [-0.15, -0.1) is 0 Å². The first kappa shape index (κ1) is 23.0. The highest BCUT2D eigenvalue weighted by Crippen LogP contribution is 2.41. The summed E-state index contributed by atoms with van der Waals surface area (Å²) in [6, 6.07) is 4.14. The van der Waals surface area contributed by atoms with Gasteiger partial charge in [0.05, 0.1) is 23.5 Å². The number of halogens is 4. The van der Waals surface area contributed by atoms with E-state index in [1.807, 2.05) is 0 Å². The third-order valence-corrected chi connectivity index (χ3v) is 4.77. The van der Waals surface area contributed by atoms with Crippen LogP contribution in [0.25, 0.3) is 11.1 Å². The molecule has 0 spiro atoms. The Morgan fingerprint density at radius 1 is 1.17 bits per heavy atom. The van der Waals surface area contributed by atoms with E-state index in [2.05, 4.69) is 12.6 Å². The number of hydrogen-bond donors (Lipinski definition) is 3. The predicted octanol–water partition coefficient (Wildman–Crippen LogP) is 4.83. The lowest BCUT2D eigenvalue weighted by molar-refractivity contribution is -0.143. The molecule has 2 aromatic carbocycles. The first-order valence-corrected chi connectivity index (χ1v) is 9.11. The van der Waals surface area contributed by atoms with Crippen molar-refractivity contribution in [1.29, 1.82) is 0 Å². The largest absolute Gasteiger partial charge is 0.507 e. The van der Waals surface area contributed by atoms with Crippen molar-refractivity contribution >= 4 is 18.6 Å². The Hall–Kier alpha value is -2.26. The van der Waals surface area contributed by atoms with Crippen molar-refractivity contribution in [3.05, 3.63) is 52.3 Å². The number of hydrogen-bond acceptors (Lipinski definition) is 5. The normalized spacial score (nSPS) is 13.8. The van der Waals surface area contributed by atoms with Gasteiger partial charge in [-0.25, -0.2) is 4.39 Å². The predicted molar refractivity (Wildman–Crippen MR) is 104 cm³/mol. The molecule has 4 nitrogen and oxygen atoms in total. The molecule has 0 saturated carbocycles. The highest BCUT2D eigenvalue weighted by atomic mass is 32.1. The molecule has 9 heteroatoms. The minimum absolute atomic E-state index is 0.0996. The third kappa shape index (κ3) is 5.02. The molecule has 0 aliphatic rings. The van der Waals surface area contributed by atoms with Crippen LogP contribution in [0.1, 0.15) is 35.6 Å². The number of aryl methyl sites for hydroxylation is 2. The van der Waals surface area contributed by atoms with E-state index in [4.69, 9.17) is 10.5 Å². The van der Waals surface area contributed by atoms with Crippen molar-refractivity contribution in [2.24, 2.45) is 5.73 Å². The van der Waals surface area contributed by atoms with Crippen LogP contribution in [0.5, 0.6) is 5.75 Å². The number of benzene rings is 2. The second-order valence-electron chi connectivity index (χ2n) is 6.75. The highest BCUT2D eigenvalue weighted by Gasteiger charge is 2.33. The lowest BCUT2D eigenvalue weighted by atomic mass is 9.91. The van der Waals surface area contributed by atoms with Gasteiger partial charge < -0.3 is 15.6 Å². The molecule has 0 aliphatic carbocycles. The zero-order valence-corrected chi connectivity index (χ0v) is 16.9. The van der Waals surface area contributed by atoms with Crippen LogP contribution in [0.15, 0.2) is 24.3 Å². The Labute approximate surface area is 171 Å². The third-order valence-electron chi connectivity index (χ3n) is 4.37. The number of thiol groups is 1. The van der Waals surface area contributed by atoms with Crippen molar-refractivity contribution in [2.45, 2.75) is 38.2 Å². The highest BCUT2D eigenvalue weighted by molar-refractivity contribution is 7.81. The summed E-state index contributed by atoms with van der Waals surface area (Å²) < 4.78 is 58.5. The van der Waals surface area contributed by atoms with Crippen LogP contribution in [0, 0.1) is 19.7 Å². The van der Waals surface area contributed by atoms with E-state index in [0.29, 0.717) is 6.07 Å². The van der Waals surface area contributed by atoms with Gasteiger partial charge in [0.15, 0.2) is 0 Å². The van der Waals surface area contributed by atoms with Gasteiger partial charge in [-0.2, -0.15) is 25.8 Å². The molecule has 1 atom stereocenters. The van der Waals surface area contributed by atoms with Gasteiger partial charge in [-0.05, 0) is 61.7 Å². The summed E-state index contributed by atoms with van der Waals surface area (Å²) in [5.74, 6) is -2.00. The Morgan fingerprint density at radius 3 is 2.31 bits per heavy atom. The van der Waals surface area contributed by atoms with Crippen LogP contribution in [-0.4, -0.2) is 17.7 Å². The topological polar surface area (TPSA) is 72.5 Å². The summed E-state index contributed by atoms with van der Waals surface area (Å²) in [5.41, 5.74) is 5.53. The van der Waals surface area contributed by atoms with Crippen LogP contribution < -0.4 is 5.73 Å². The Bertz CT molecular complexity index is 919. The molecule has 0 saturated heterocycles. The van der Waals surface area contributed by atoms with Crippen molar-refractivity contribution in [2.75, 3.05) is 6.61 Å². The van der Waals surface area contributed by atoms with Gasteiger partial charge in [-0.1, -0.05) is 0 Å². The fourth-order valence-corrected chi connectivity index (χ4v) is 3.36. The Balaban J connectivity index is 2.61. The molecular weight excluding hydrogens is 410 g/mol. The molecule has 0 aliphatic heterocycles. The number of rotatable bonds is 5. The average Bonchev–Trinajstić information content (AvgIpc) is 2.55. The fraction of sp³-hybridized carbons (Fsp3) is 0.350. The van der Waals surface area contributed by atoms with Crippen LogP contribution >= 0.6 is 12.6 Å². The summed E-state index contributed by atoms with van der Waals surface area (Å²) in [5, 5.41) is 10.2. The molecule has 0 fully saturated rings. The standard InChI is InChI=1S/C20H21F4NO3S/c1-4-28-16(27)9-19(25,29)14-7-12(5-11(3)18(14)21)17-10(2)6-13(8-15(17)26)20(22,23)24/h5-8,26,29H,4,9,25H2,1-3H3/t19-/m0/s1. The zero-order chi connectivity index (χ0) is 22.1. The molecule has 2 rings (SSSR count). The van der Waals surface area contributed by atoms with E-state index < -0.39 is 40.6 Å². The van der Waals surface area contributed by atoms with E-state index in [1.165, 1.54) is 26.0 Å². The molecule has 158 valence electrons. The van der Waals surface area contributed by atoms with Crippen LogP contribution in [0.2, 0.25) is 0 Å². The van der Waals surface area contributed by atoms with E-state index >= 15 is 0 Å². The van der Waals surface area contributed by atoms with E-state index in [9.17, 15) is 27.5 Å². The summed E-state index contributed by atoms with van der Waals surface area (Å²) in [6.07, 6.45) is -5.05. The quantitative estimate of drug-likeness (QED) is 0.275. The number of carbonyl (C=O) groups excluding carboxylic acids is 1. The monoisotopic (exact) mass is 431 g/mol. The molecular formula is C20H21F4NO3S. The lowest BCUT2D eigenvalue weighted by Crippen LogP contribution is -2.35. The van der Waals surface area contributed by atoms with Crippen molar-refractivity contribution < 1.29 is 32.2 Å². The molecule has 0 aromatic heterocycles. The SMILES string of the molecule is CCOC(=O)C[C@](N)(S)c1cc(-c2c(C)cc(C(F)(F)F)cc2O)cc(C)c1F. The summed E-state index contributed by atoms with van der Waals surface area (Å²) >= 11 is 4.22. The second-order valence-corrected chi connectivity index (χ2v) is 7.54. The van der Waals surface area contributed by atoms with E-state index in [1.54, 1.807) is 6.92 Å². The zero-order valence-electron chi connectivity index (χ0n) is 16.0. The fourth-order valence-electron chi connectivity index (χ4n) is 3.06. The molecule has 2 aromatic rings. The Kier molecular flexibility index (Phi) is 6.54. The summed E-state index contributed by atoms with van der Waals surface area (Å²) in [4.78, 5) is 10.1. The van der Waals surface area contributed by atoms with Crippen molar-refractivity contribution in [3.63, 3.8) is 0 Å². The first-order valence-electron chi connectivity index (χ1n) is 8.66. The number of esters is 1. The molecule has 3 N–H and O–H groups in total. The van der Waals surface area contributed by atoms with E-state index in [-0.39, 0.29) is 34.4 Å². The summed E-state index contributed by atoms with van der Waals surface area (Å²) in [6.45, 7) is 4.56. The van der Waals surface area contributed by atoms with Gasteiger partial charge in [0.25, 0.3) is 0 Å². The smallest absolute Gasteiger partial charge is 0.416 e. The average molecular weight is 431 g/mol. The van der Waals surface area contributed by atoms with Crippen LogP contribution in [0.4, 0.5) is 17.6 Å². The van der Waals surface area contributed by atoms with Gasteiger partial charge in [0.1, 0.15) is 11.6 Å². The lowest BCUT2D eigenvalue weighted by Gasteiger charge is -2.25. The molecule has 0 bridgehead atoms. The first-order chi connectivity index (χ1) is 13.3. The maximum atomic E-state index is 14.8. The molecule has 29 heavy (non-hydrogen) atoms. The number of carbonyl (C=O) groups is 1. The number of nitrogens with two attached hydrogens (primary N) is 1. The van der Waals surface area contributed by atoms with Crippen molar-refractivity contribution in [3.8, 4) is 16.9 Å². The number of alkyl halides is 3. The molecule has 0 heterocycles. The Morgan fingerprint density at radius 2 is 1.79 bits per heavy atom. The minimum atomic E-state index is -4.62. The number of phenols is 1. The molecule has 0 radical (unpaired) electrons. The van der Waals surface area contributed by atoms with Gasteiger partial charge in [-0.3, -0.25) is 4.79 Å². The van der Waals surface area contributed by atoms with Crippen LogP contribution in [-0.2, 0) is 20.6 Å². The molecule has 0 unspecified atom stereocenters. The van der Waals surface area contributed by atoms with Crippen LogP contribution in [0.3, 0.4) is 0 Å². The van der Waals surface area contributed by atoms with Gasteiger partial charge in [0.2, 0.25) is 0 Å². The number of aromatic hydroxyl groups is 1. The molecule has 0 amide bonds. The minimum Gasteiger partial charge on any atom is -0.507 e. The summed E-state index contributed by atoms with van der Waals surface area (Å²) in [7, 11) is 0. The maximum Gasteiger partial charge on any atom is 0.416 e. The van der Waals surface area contributed by atoms with E-state index in [0.717, 1.165) is 6.07 Å². The van der Waals surface area contributed by atoms with Crippen molar-refractivity contribution in [1.82, 2.24) is 0 Å². The number of ether oxygens (including phenoxy) is 1. The van der Waals surface area contributed by atoms with Gasteiger partial charge in [0, 0.05) is 11.1 Å². The second kappa shape index (κ2) is 8.23. The van der Waals surface area contributed by atoms with Gasteiger partial charge >= 0.3 is 12.1 Å². The number of phenolic OH excluding ortho intramolecular Hbond substituents is 1.